The molecule has 2 nitrogen and oxygen atoms in total. The molecule has 3 unspecified atom stereocenters. The summed E-state index contributed by atoms with van der Waals surface area (Å²) in [6.07, 6.45) is 0. The minimum absolute atomic E-state index is 0.0972. The summed E-state index contributed by atoms with van der Waals surface area (Å²) in [6, 6.07) is 2.33. The molecule has 2 heteroatoms. The Morgan fingerprint density at radius 1 is 1.56 bits per heavy atom. The molecule has 0 spiro atoms. The lowest BCUT2D eigenvalue weighted by atomic mass is 9.95. The van der Waals surface area contributed by atoms with Gasteiger partial charge < -0.3 is 5.32 Å². The second-order valence-electron chi connectivity index (χ2n) is 2.85. The minimum atomic E-state index is 0.0972. The summed E-state index contributed by atoms with van der Waals surface area (Å²) in [6.45, 7) is 5.30. The highest BCUT2D eigenvalue weighted by Gasteiger charge is 2.28. The van der Waals surface area contributed by atoms with Crippen LogP contribution in [-0.2, 0) is 0 Å². The van der Waals surface area contributed by atoms with Crippen LogP contribution in [0.15, 0.2) is 0 Å². The van der Waals surface area contributed by atoms with Crippen LogP contribution in [0.5, 0.6) is 0 Å². The van der Waals surface area contributed by atoms with Crippen LogP contribution in [0.2, 0.25) is 0 Å². The van der Waals surface area contributed by atoms with Gasteiger partial charge in [-0.15, -0.1) is 0 Å². The largest absolute Gasteiger partial charge is 0.301 e. The number of nitriles is 1. The molecule has 0 aromatic rings. The Balaban J connectivity index is 2.54. The molecule has 0 bridgehead atoms. The maximum atomic E-state index is 8.54. The van der Waals surface area contributed by atoms with Crippen LogP contribution in [0, 0.1) is 23.2 Å². The molecule has 0 aromatic carbocycles. The van der Waals surface area contributed by atoms with Crippen molar-refractivity contribution < 1.29 is 0 Å². The summed E-state index contributed by atoms with van der Waals surface area (Å²) >= 11 is 0. The summed E-state index contributed by atoms with van der Waals surface area (Å²) in [7, 11) is 0. The van der Waals surface area contributed by atoms with Gasteiger partial charge in [-0.2, -0.15) is 5.26 Å². The van der Waals surface area contributed by atoms with Gasteiger partial charge in [0.2, 0.25) is 0 Å². The van der Waals surface area contributed by atoms with E-state index in [0.29, 0.717) is 11.8 Å². The van der Waals surface area contributed by atoms with Crippen LogP contribution in [0.4, 0.5) is 0 Å². The first kappa shape index (κ1) is 6.57. The summed E-state index contributed by atoms with van der Waals surface area (Å²) in [4.78, 5) is 0. The molecule has 1 heterocycles. The highest BCUT2D eigenvalue weighted by Crippen LogP contribution is 2.19. The monoisotopic (exact) mass is 124 g/mol. The molecule has 3 atom stereocenters. The third-order valence-electron chi connectivity index (χ3n) is 2.22. The van der Waals surface area contributed by atoms with Crippen LogP contribution >= 0.6 is 0 Å². The average molecular weight is 124 g/mol. The first-order valence-corrected chi connectivity index (χ1v) is 3.38. The van der Waals surface area contributed by atoms with Crippen molar-refractivity contribution in [3.05, 3.63) is 0 Å². The third kappa shape index (κ3) is 1.06. The van der Waals surface area contributed by atoms with Crippen LogP contribution in [-0.4, -0.2) is 12.6 Å². The van der Waals surface area contributed by atoms with Gasteiger partial charge in [-0.25, -0.2) is 0 Å². The highest BCUT2D eigenvalue weighted by atomic mass is 15.0. The van der Waals surface area contributed by atoms with E-state index in [1.807, 2.05) is 0 Å². The van der Waals surface area contributed by atoms with Crippen molar-refractivity contribution in [3.63, 3.8) is 0 Å². The summed E-state index contributed by atoms with van der Waals surface area (Å²) < 4.78 is 0. The molecule has 1 saturated heterocycles. The van der Waals surface area contributed by atoms with E-state index in [9.17, 15) is 0 Å². The molecule has 1 N–H and O–H groups in total. The van der Waals surface area contributed by atoms with Crippen molar-refractivity contribution in [1.82, 2.24) is 5.32 Å². The molecule has 0 saturated carbocycles. The number of nitrogens with one attached hydrogen (secondary N) is 1. The van der Waals surface area contributed by atoms with Gasteiger partial charge in [0.25, 0.3) is 0 Å². The quantitative estimate of drug-likeness (QED) is 0.517. The topological polar surface area (TPSA) is 35.8 Å². The molecule has 0 amide bonds. The van der Waals surface area contributed by atoms with Crippen LogP contribution in [0.1, 0.15) is 13.8 Å². The molecule has 1 aliphatic rings. The number of hydrogen-bond donors (Lipinski definition) is 1. The van der Waals surface area contributed by atoms with Crippen molar-refractivity contribution in [2.45, 2.75) is 19.9 Å². The van der Waals surface area contributed by atoms with Gasteiger partial charge in [0.1, 0.15) is 0 Å². The lowest BCUT2D eigenvalue weighted by molar-refractivity contribution is 0.462. The molecule has 1 rings (SSSR count). The minimum Gasteiger partial charge on any atom is -0.301 e. The van der Waals surface area contributed by atoms with Gasteiger partial charge in [0.15, 0.2) is 0 Å². The predicted octanol–water partition coefficient (Wildman–Crippen LogP) is 0.754. The predicted molar refractivity (Wildman–Crippen MR) is 35.7 cm³/mol. The smallest absolute Gasteiger partial charge is 0.0981 e. The van der Waals surface area contributed by atoms with Gasteiger partial charge in [-0.05, 0) is 18.4 Å². The first-order valence-electron chi connectivity index (χ1n) is 3.38. The lowest BCUT2D eigenvalue weighted by Crippen LogP contribution is -2.23. The zero-order valence-corrected chi connectivity index (χ0v) is 5.89. The van der Waals surface area contributed by atoms with Gasteiger partial charge in [0, 0.05) is 0 Å². The molecule has 0 radical (unpaired) electrons. The van der Waals surface area contributed by atoms with E-state index in [1.54, 1.807) is 0 Å². The standard InChI is InChI=1S/C7H12N2/c1-5-4-9-7(3-8)6(5)2/h5-7,9H,4H2,1-2H3. The van der Waals surface area contributed by atoms with E-state index in [2.05, 4.69) is 25.2 Å². The zero-order valence-electron chi connectivity index (χ0n) is 5.89. The number of nitrogens with zero attached hydrogens (tertiary/aromatic N) is 1. The Hall–Kier alpha value is -0.550. The number of rotatable bonds is 0. The lowest BCUT2D eigenvalue weighted by Gasteiger charge is -2.08. The van der Waals surface area contributed by atoms with Crippen LogP contribution < -0.4 is 5.32 Å². The van der Waals surface area contributed by atoms with Crippen molar-refractivity contribution in [2.75, 3.05) is 6.54 Å². The van der Waals surface area contributed by atoms with Crippen LogP contribution in [0.25, 0.3) is 0 Å². The summed E-state index contributed by atoms with van der Waals surface area (Å²) in [5, 5.41) is 11.7. The Kier molecular flexibility index (Phi) is 1.73. The Bertz CT molecular complexity index is 136. The van der Waals surface area contributed by atoms with Gasteiger partial charge in [0.05, 0.1) is 12.1 Å². The SMILES string of the molecule is CC1CNC(C#N)C1C. The maximum absolute atomic E-state index is 8.54. The van der Waals surface area contributed by atoms with Crippen molar-refractivity contribution in [2.24, 2.45) is 11.8 Å². The second kappa shape index (κ2) is 2.36. The molecule has 50 valence electrons. The first-order chi connectivity index (χ1) is 4.25. The van der Waals surface area contributed by atoms with Crippen LogP contribution in [0.3, 0.4) is 0 Å². The summed E-state index contributed by atoms with van der Waals surface area (Å²) in [5.41, 5.74) is 0. The van der Waals surface area contributed by atoms with Gasteiger partial charge >= 0.3 is 0 Å². The number of hydrogen-bond acceptors (Lipinski definition) is 2. The third-order valence-corrected chi connectivity index (χ3v) is 2.22. The average Bonchev–Trinajstić information content (AvgIpc) is 2.15. The molecule has 1 fully saturated rings. The van der Waals surface area contributed by atoms with E-state index in [1.165, 1.54) is 0 Å². The molecular weight excluding hydrogens is 112 g/mol. The Morgan fingerprint density at radius 3 is 2.44 bits per heavy atom. The fraction of sp³-hybridized carbons (Fsp3) is 0.857. The summed E-state index contributed by atoms with van der Waals surface area (Å²) in [5.74, 6) is 1.18. The van der Waals surface area contributed by atoms with E-state index in [0.717, 1.165) is 6.54 Å². The molecular formula is C7H12N2. The van der Waals surface area contributed by atoms with E-state index >= 15 is 0 Å². The van der Waals surface area contributed by atoms with E-state index in [-0.39, 0.29) is 6.04 Å². The Labute approximate surface area is 55.9 Å². The fourth-order valence-corrected chi connectivity index (χ4v) is 1.18. The fourth-order valence-electron chi connectivity index (χ4n) is 1.18. The van der Waals surface area contributed by atoms with Crippen molar-refractivity contribution in [3.8, 4) is 6.07 Å². The van der Waals surface area contributed by atoms with Gasteiger partial charge in [-0.3, -0.25) is 0 Å². The molecule has 9 heavy (non-hydrogen) atoms. The van der Waals surface area contributed by atoms with Gasteiger partial charge in [-0.1, -0.05) is 13.8 Å². The Morgan fingerprint density at radius 2 is 2.22 bits per heavy atom. The molecule has 0 aliphatic carbocycles. The second-order valence-corrected chi connectivity index (χ2v) is 2.85. The van der Waals surface area contributed by atoms with E-state index in [4.69, 9.17) is 5.26 Å². The molecule has 1 aliphatic heterocycles. The van der Waals surface area contributed by atoms with E-state index < -0.39 is 0 Å². The normalized spacial score (nSPS) is 42.6. The molecule has 0 aromatic heterocycles. The zero-order chi connectivity index (χ0) is 6.85. The van der Waals surface area contributed by atoms with Crippen molar-refractivity contribution >= 4 is 0 Å². The van der Waals surface area contributed by atoms with Crippen molar-refractivity contribution in [1.29, 1.82) is 5.26 Å². The maximum Gasteiger partial charge on any atom is 0.0981 e. The highest BCUT2D eigenvalue weighted by molar-refractivity contribution is 4.99.